The molecular weight excluding hydrogens is 309 g/mol. The fourth-order valence-corrected chi connectivity index (χ4v) is 1.47. The third-order valence-corrected chi connectivity index (χ3v) is 2.12. The van der Waals surface area contributed by atoms with Gasteiger partial charge >= 0.3 is 30.0 Å². The predicted molar refractivity (Wildman–Crippen MR) is 63.5 cm³/mol. The third-order valence-electron chi connectivity index (χ3n) is 2.12. The number of nitrogens with zero attached hydrogens (tertiary/aromatic N) is 1. The summed E-state index contributed by atoms with van der Waals surface area (Å²) in [6, 6.07) is 0. The van der Waals surface area contributed by atoms with Crippen molar-refractivity contribution in [1.82, 2.24) is 0 Å². The Morgan fingerprint density at radius 3 is 2.73 bits per heavy atom. The van der Waals surface area contributed by atoms with Gasteiger partial charge in [0.1, 0.15) is 0 Å². The Bertz CT molecular complexity index is 221. The van der Waals surface area contributed by atoms with E-state index in [9.17, 15) is 0 Å². The molecule has 2 N–H and O–H groups in total. The minimum atomic E-state index is 0.0949. The van der Waals surface area contributed by atoms with Gasteiger partial charge in [-0.2, -0.15) is 6.42 Å². The van der Waals surface area contributed by atoms with Crippen molar-refractivity contribution >= 4 is 19.8 Å². The van der Waals surface area contributed by atoms with Gasteiger partial charge in [0.05, 0.1) is 6.10 Å². The molecular formula is C10H17BrN2OZn. The van der Waals surface area contributed by atoms with E-state index >= 15 is 0 Å². The average Bonchev–Trinajstić information content (AvgIpc) is 2.28. The number of nitrogens with two attached hydrogens (primary N) is 1. The fraction of sp³-hybridized carbons (Fsp3) is 0.600. The normalized spacial score (nSPS) is 27.4. The molecule has 1 aliphatic rings. The number of rotatable bonds is 2. The van der Waals surface area contributed by atoms with Crippen molar-refractivity contribution in [3.05, 3.63) is 18.2 Å². The van der Waals surface area contributed by atoms with Crippen LogP contribution in [0.2, 0.25) is 0 Å². The zero-order chi connectivity index (χ0) is 11.7. The molecule has 0 aromatic carbocycles. The molecule has 2 atom stereocenters. The molecule has 1 heterocycles. The molecule has 1 rings (SSSR count). The monoisotopic (exact) mass is 324 g/mol. The van der Waals surface area contributed by atoms with Crippen LogP contribution < -0.4 is 5.73 Å². The second-order valence-electron chi connectivity index (χ2n) is 3.25. The second kappa shape index (κ2) is 9.50. The van der Waals surface area contributed by atoms with E-state index in [2.05, 4.69) is 32.0 Å². The van der Waals surface area contributed by atoms with Crippen molar-refractivity contribution in [2.75, 3.05) is 7.05 Å². The van der Waals surface area contributed by atoms with E-state index in [1.165, 1.54) is 16.3 Å². The van der Waals surface area contributed by atoms with Crippen molar-refractivity contribution in [3.63, 3.8) is 0 Å². The van der Waals surface area contributed by atoms with Crippen molar-refractivity contribution in [2.45, 2.75) is 32.0 Å². The van der Waals surface area contributed by atoms with Crippen molar-refractivity contribution in [1.29, 1.82) is 0 Å². The SMILES string of the molecule is CN=C/C(=C\N)C1C[CH-]CC(C)O1.[Zn+][Br]. The first kappa shape index (κ1) is 15.3. The summed E-state index contributed by atoms with van der Waals surface area (Å²) >= 11 is 4.25. The Hall–Kier alpha value is 0.273. The summed E-state index contributed by atoms with van der Waals surface area (Å²) in [5.41, 5.74) is 6.45. The molecule has 0 saturated carbocycles. The molecule has 0 amide bonds. The number of aliphatic imine (C=N–C) groups is 1. The maximum atomic E-state index is 5.72. The molecule has 3 nitrogen and oxygen atoms in total. The molecule has 1 saturated heterocycles. The van der Waals surface area contributed by atoms with E-state index in [4.69, 9.17) is 10.5 Å². The Balaban J connectivity index is 0.000000921. The Labute approximate surface area is 109 Å². The number of halogens is 1. The molecule has 0 bridgehead atoms. The molecule has 0 spiro atoms. The molecule has 82 valence electrons. The Morgan fingerprint density at radius 1 is 1.60 bits per heavy atom. The van der Waals surface area contributed by atoms with Crippen LogP contribution in [0.15, 0.2) is 16.8 Å². The molecule has 15 heavy (non-hydrogen) atoms. The van der Waals surface area contributed by atoms with Crippen LogP contribution in [0.3, 0.4) is 0 Å². The molecule has 0 aliphatic carbocycles. The maximum absolute atomic E-state index is 5.72. The first-order valence-corrected chi connectivity index (χ1v) is 11.8. The molecule has 0 aromatic rings. The number of hydrogen-bond acceptors (Lipinski definition) is 3. The molecule has 5 heteroatoms. The second-order valence-corrected chi connectivity index (χ2v) is 3.25. The van der Waals surface area contributed by atoms with Crippen LogP contribution >= 0.6 is 13.6 Å². The van der Waals surface area contributed by atoms with Crippen molar-refractivity contribution < 1.29 is 21.1 Å². The topological polar surface area (TPSA) is 47.6 Å². The van der Waals surface area contributed by atoms with Gasteiger partial charge in [-0.25, -0.2) is 0 Å². The number of ether oxygens (including phenoxy) is 1. The third kappa shape index (κ3) is 5.79. The first-order chi connectivity index (χ1) is 7.27. The van der Waals surface area contributed by atoms with Crippen LogP contribution in [0.25, 0.3) is 0 Å². The molecule has 2 unspecified atom stereocenters. The molecule has 0 aromatic heterocycles. The fourth-order valence-electron chi connectivity index (χ4n) is 1.47. The van der Waals surface area contributed by atoms with Crippen molar-refractivity contribution in [2.24, 2.45) is 10.7 Å². The average molecular weight is 327 g/mol. The van der Waals surface area contributed by atoms with Gasteiger partial charge in [-0.05, 0) is 6.92 Å². The van der Waals surface area contributed by atoms with Crippen LogP contribution in [0.4, 0.5) is 0 Å². The van der Waals surface area contributed by atoms with E-state index in [-0.39, 0.29) is 6.10 Å². The van der Waals surface area contributed by atoms with Crippen LogP contribution in [-0.4, -0.2) is 25.5 Å². The zero-order valence-electron chi connectivity index (χ0n) is 9.32. The van der Waals surface area contributed by atoms with E-state index in [0.29, 0.717) is 6.10 Å². The van der Waals surface area contributed by atoms with Gasteiger partial charge in [-0.1, -0.05) is 0 Å². The van der Waals surface area contributed by atoms with E-state index in [1.54, 1.807) is 19.5 Å². The summed E-state index contributed by atoms with van der Waals surface area (Å²) in [6.07, 6.45) is 7.92. The first-order valence-electron chi connectivity index (χ1n) is 4.85. The molecule has 1 aliphatic heterocycles. The van der Waals surface area contributed by atoms with Gasteiger partial charge in [0.25, 0.3) is 0 Å². The van der Waals surface area contributed by atoms with Gasteiger partial charge < -0.3 is 16.9 Å². The Morgan fingerprint density at radius 2 is 2.27 bits per heavy atom. The van der Waals surface area contributed by atoms with Crippen LogP contribution in [0.1, 0.15) is 19.8 Å². The summed E-state index contributed by atoms with van der Waals surface area (Å²) in [5.74, 6) is 0. The van der Waals surface area contributed by atoms with E-state index in [0.717, 1.165) is 18.4 Å². The minimum absolute atomic E-state index is 0.0949. The summed E-state index contributed by atoms with van der Waals surface area (Å²) in [5, 5.41) is 0. The zero-order valence-corrected chi connectivity index (χ0v) is 13.9. The Kier molecular flexibility index (Phi) is 9.67. The van der Waals surface area contributed by atoms with Crippen LogP contribution in [-0.2, 0) is 21.1 Å². The molecule has 0 radical (unpaired) electrons. The predicted octanol–water partition coefficient (Wildman–Crippen LogP) is 2.14. The van der Waals surface area contributed by atoms with Crippen molar-refractivity contribution in [3.8, 4) is 0 Å². The summed E-state index contributed by atoms with van der Waals surface area (Å²) < 4.78 is 5.72. The van der Waals surface area contributed by atoms with E-state index in [1.807, 2.05) is 0 Å². The van der Waals surface area contributed by atoms with Gasteiger partial charge in [-0.15, -0.1) is 6.42 Å². The van der Waals surface area contributed by atoms with Gasteiger partial charge in [0.2, 0.25) is 0 Å². The summed E-state index contributed by atoms with van der Waals surface area (Å²) in [4.78, 5) is 3.94. The number of hydrogen-bond donors (Lipinski definition) is 1. The molecule has 1 fully saturated rings. The summed E-state index contributed by atoms with van der Waals surface area (Å²) in [6.45, 7) is 2.07. The summed E-state index contributed by atoms with van der Waals surface area (Å²) in [7, 11) is 1.74. The van der Waals surface area contributed by atoms with Gasteiger partial charge in [0, 0.05) is 31.1 Å². The van der Waals surface area contributed by atoms with Crippen LogP contribution in [0, 0.1) is 6.42 Å². The van der Waals surface area contributed by atoms with Gasteiger partial charge in [0.15, 0.2) is 0 Å². The quantitative estimate of drug-likeness (QED) is 0.480. The van der Waals surface area contributed by atoms with Crippen LogP contribution in [0.5, 0.6) is 0 Å². The van der Waals surface area contributed by atoms with Gasteiger partial charge in [-0.3, -0.25) is 4.99 Å². The standard InChI is InChI=1S/C10H17N2O.BrH.Zn/c1-8-4-3-5-10(13-8)9(6-11)7-12-2;;/h3,6-8,10H,4-5,11H2,1-2H3;1H;/q-1;;+2/p-1/b9-6+,12-7?;;. The van der Waals surface area contributed by atoms with E-state index < -0.39 is 0 Å².